The van der Waals surface area contributed by atoms with Gasteiger partial charge in [0.15, 0.2) is 0 Å². The molecule has 0 amide bonds. The predicted molar refractivity (Wildman–Crippen MR) is 131 cm³/mol. The third-order valence-corrected chi connectivity index (χ3v) is 12.3. The number of rotatable bonds is 3. The van der Waals surface area contributed by atoms with Gasteiger partial charge in [0.2, 0.25) is 0 Å². The third kappa shape index (κ3) is 4.08. The fourth-order valence-corrected chi connectivity index (χ4v) is 12.3. The van der Waals surface area contributed by atoms with Crippen LogP contribution in [0.4, 0.5) is 0 Å². The molecule has 0 heterocycles. The largest absolute Gasteiger partial charge is 0.332 e. The number of hydrogen-bond donors (Lipinski definition) is 1. The number of nitrogens with zero attached hydrogens (tertiary/aromatic N) is 1. The smallest absolute Gasteiger partial charge is 0.123 e. The maximum absolute atomic E-state index is 4.14. The number of hydrogen-bond acceptors (Lipinski definition) is 2. The van der Waals surface area contributed by atoms with Crippen molar-refractivity contribution in [2.45, 2.75) is 98.4 Å². The molecule has 0 radical (unpaired) electrons. The lowest BCUT2D eigenvalue weighted by Crippen LogP contribution is -2.59. The average molecular weight is 417 g/mol. The summed E-state index contributed by atoms with van der Waals surface area (Å²) in [6.45, 7) is 24.6. The molecule has 3 rings (SSSR count). The molecule has 166 valence electrons. The highest BCUT2D eigenvalue weighted by molar-refractivity contribution is 6.76. The normalized spacial score (nSPS) is 36.4. The Kier molecular flexibility index (Phi) is 5.67. The van der Waals surface area contributed by atoms with Gasteiger partial charge in [0.1, 0.15) is 8.24 Å². The Hall–Kier alpha value is -0.383. The van der Waals surface area contributed by atoms with Gasteiger partial charge in [0, 0.05) is 11.6 Å². The molecule has 0 spiro atoms. The summed E-state index contributed by atoms with van der Waals surface area (Å²) in [6.07, 6.45) is 8.14. The lowest BCUT2D eigenvalue weighted by molar-refractivity contribution is 0.205. The van der Waals surface area contributed by atoms with E-state index in [2.05, 4.69) is 105 Å². The van der Waals surface area contributed by atoms with E-state index in [0.717, 1.165) is 5.54 Å². The van der Waals surface area contributed by atoms with Gasteiger partial charge < -0.3 is 9.88 Å². The predicted octanol–water partition coefficient (Wildman–Crippen LogP) is 6.47. The standard InChI is InChI=1S/C26H48N2Si/c1-17-22(28(9)10)18-15-20-21(26(7,8)14-13-25(20,5)6)16-19(18)23(17)29(11,12)27-24(2,3)4/h15-19,22-23,27H,13-14H2,1-12H3. The van der Waals surface area contributed by atoms with Crippen LogP contribution in [-0.2, 0) is 0 Å². The van der Waals surface area contributed by atoms with Crippen molar-refractivity contribution >= 4 is 8.24 Å². The van der Waals surface area contributed by atoms with E-state index in [4.69, 9.17) is 0 Å². The zero-order valence-corrected chi connectivity index (χ0v) is 22.4. The first-order valence-corrected chi connectivity index (χ1v) is 15.0. The molecule has 2 fully saturated rings. The van der Waals surface area contributed by atoms with E-state index in [1.165, 1.54) is 12.8 Å². The van der Waals surface area contributed by atoms with E-state index in [1.54, 1.807) is 11.1 Å². The van der Waals surface area contributed by atoms with Gasteiger partial charge >= 0.3 is 0 Å². The molecule has 2 saturated carbocycles. The van der Waals surface area contributed by atoms with Crippen LogP contribution in [-0.4, -0.2) is 38.8 Å². The van der Waals surface area contributed by atoms with Crippen molar-refractivity contribution in [3.63, 3.8) is 0 Å². The maximum Gasteiger partial charge on any atom is 0.123 e. The second kappa shape index (κ2) is 7.07. The Labute approximate surface area is 182 Å². The third-order valence-electron chi connectivity index (χ3n) is 8.33. The summed E-state index contributed by atoms with van der Waals surface area (Å²) in [5.74, 6) is 2.02. The highest BCUT2D eigenvalue weighted by atomic mass is 28.3. The first kappa shape index (κ1) is 23.3. The fourth-order valence-electron chi connectivity index (χ4n) is 7.45. The molecule has 2 nitrogen and oxygen atoms in total. The molecule has 5 unspecified atom stereocenters. The van der Waals surface area contributed by atoms with E-state index in [1.807, 2.05) is 0 Å². The maximum atomic E-state index is 4.14. The summed E-state index contributed by atoms with van der Waals surface area (Å²) >= 11 is 0. The molecule has 0 aromatic heterocycles. The van der Waals surface area contributed by atoms with Gasteiger partial charge in [-0.05, 0) is 93.0 Å². The summed E-state index contributed by atoms with van der Waals surface area (Å²) in [5, 5.41) is 0. The summed E-state index contributed by atoms with van der Waals surface area (Å²) in [6, 6.07) is 0.629. The minimum Gasteiger partial charge on any atom is -0.332 e. The zero-order chi connectivity index (χ0) is 22.2. The molecule has 0 saturated heterocycles. The van der Waals surface area contributed by atoms with Gasteiger partial charge in [-0.25, -0.2) is 0 Å². The molecule has 0 aliphatic heterocycles. The molecule has 1 N–H and O–H groups in total. The number of nitrogens with one attached hydrogen (secondary N) is 1. The van der Waals surface area contributed by atoms with Gasteiger partial charge in [0.25, 0.3) is 0 Å². The van der Waals surface area contributed by atoms with Crippen molar-refractivity contribution in [1.29, 1.82) is 0 Å². The van der Waals surface area contributed by atoms with Crippen LogP contribution in [0.2, 0.25) is 18.6 Å². The van der Waals surface area contributed by atoms with Crippen molar-refractivity contribution in [2.24, 2.45) is 28.6 Å². The first-order valence-electron chi connectivity index (χ1n) is 11.9. The Morgan fingerprint density at radius 2 is 1.38 bits per heavy atom. The number of allylic oxidation sites excluding steroid dienone is 3. The molecular weight excluding hydrogens is 368 g/mol. The van der Waals surface area contributed by atoms with E-state index >= 15 is 0 Å². The summed E-state index contributed by atoms with van der Waals surface area (Å²) < 4.78 is 0. The monoisotopic (exact) mass is 416 g/mol. The van der Waals surface area contributed by atoms with Gasteiger partial charge in [-0.3, -0.25) is 0 Å². The van der Waals surface area contributed by atoms with Crippen molar-refractivity contribution in [3.05, 3.63) is 23.3 Å². The van der Waals surface area contributed by atoms with Crippen LogP contribution in [0.25, 0.3) is 0 Å². The van der Waals surface area contributed by atoms with Crippen LogP contribution < -0.4 is 4.98 Å². The molecule has 0 aromatic carbocycles. The molecule has 0 aromatic rings. The van der Waals surface area contributed by atoms with Crippen molar-refractivity contribution in [3.8, 4) is 0 Å². The summed E-state index contributed by atoms with van der Waals surface area (Å²) in [5.41, 5.74) is 4.88. The van der Waals surface area contributed by atoms with Gasteiger partial charge in [-0.2, -0.15) is 0 Å². The van der Waals surface area contributed by atoms with Crippen molar-refractivity contribution in [2.75, 3.05) is 14.1 Å². The van der Waals surface area contributed by atoms with Gasteiger partial charge in [-0.1, -0.05) is 59.9 Å². The minimum absolute atomic E-state index is 0.177. The topological polar surface area (TPSA) is 15.3 Å². The van der Waals surface area contributed by atoms with E-state index in [0.29, 0.717) is 34.6 Å². The minimum atomic E-state index is -1.65. The second-order valence-corrected chi connectivity index (χ2v) is 17.9. The zero-order valence-electron chi connectivity index (χ0n) is 21.4. The Balaban J connectivity index is 2.12. The fraction of sp³-hybridized carbons (Fsp3) is 0.846. The lowest BCUT2D eigenvalue weighted by Gasteiger charge is -2.49. The Bertz CT molecular complexity index is 705. The Morgan fingerprint density at radius 1 is 0.931 bits per heavy atom. The summed E-state index contributed by atoms with van der Waals surface area (Å²) in [4.78, 5) is 6.67. The molecular formula is C26H48N2Si. The van der Waals surface area contributed by atoms with Crippen LogP contribution in [0.15, 0.2) is 23.3 Å². The molecule has 0 bridgehead atoms. The molecule has 29 heavy (non-hydrogen) atoms. The highest BCUT2D eigenvalue weighted by Gasteiger charge is 2.56. The van der Waals surface area contributed by atoms with Crippen molar-refractivity contribution < 1.29 is 0 Å². The first-order chi connectivity index (χ1) is 13.0. The molecule has 3 aliphatic carbocycles. The van der Waals surface area contributed by atoms with Crippen molar-refractivity contribution in [1.82, 2.24) is 9.88 Å². The van der Waals surface area contributed by atoms with Crippen LogP contribution in [0.3, 0.4) is 0 Å². The Morgan fingerprint density at radius 3 is 1.79 bits per heavy atom. The van der Waals surface area contributed by atoms with E-state index in [-0.39, 0.29) is 5.54 Å². The second-order valence-electron chi connectivity index (χ2n) is 13.5. The lowest BCUT2D eigenvalue weighted by atomic mass is 9.58. The average Bonchev–Trinajstić information content (AvgIpc) is 2.80. The number of fused-ring (bicyclic) bond motifs is 2. The van der Waals surface area contributed by atoms with Crippen LogP contribution in [0.1, 0.15) is 68.2 Å². The van der Waals surface area contributed by atoms with Crippen LogP contribution in [0, 0.1) is 28.6 Å². The van der Waals surface area contributed by atoms with E-state index < -0.39 is 8.24 Å². The van der Waals surface area contributed by atoms with Gasteiger partial charge in [0.05, 0.1) is 0 Å². The quantitative estimate of drug-likeness (QED) is 0.530. The highest BCUT2D eigenvalue weighted by Crippen LogP contribution is 2.61. The SMILES string of the molecule is CC1C(N(C)C)C2C=C3C(=CC2C1[Si](C)(C)NC(C)(C)C)C(C)(C)CCC3(C)C. The summed E-state index contributed by atoms with van der Waals surface area (Å²) in [7, 11) is 2.96. The molecule has 3 heteroatoms. The van der Waals surface area contributed by atoms with E-state index in [9.17, 15) is 0 Å². The molecule has 3 aliphatic rings. The van der Waals surface area contributed by atoms with Crippen LogP contribution >= 0.6 is 0 Å². The van der Waals surface area contributed by atoms with Crippen LogP contribution in [0.5, 0.6) is 0 Å². The molecule has 5 atom stereocenters. The van der Waals surface area contributed by atoms with Gasteiger partial charge in [-0.15, -0.1) is 0 Å².